The minimum Gasteiger partial charge on any atom is -0.494 e. The molecule has 0 unspecified atom stereocenters. The van der Waals surface area contributed by atoms with E-state index in [0.717, 1.165) is 11.3 Å². The van der Waals surface area contributed by atoms with Gasteiger partial charge in [-0.05, 0) is 67.1 Å². The number of anilines is 2. The Bertz CT molecular complexity index is 979. The molecule has 29 heavy (non-hydrogen) atoms. The lowest BCUT2D eigenvalue weighted by molar-refractivity contribution is -0.111. The SMILES string of the molecule is CCOc1ccc(/C=C/C(=O)Nc2ccc(NC(=O)c3ccccc3)cc2)cc1. The summed E-state index contributed by atoms with van der Waals surface area (Å²) in [5, 5.41) is 5.62. The summed E-state index contributed by atoms with van der Waals surface area (Å²) in [4.78, 5) is 24.3. The summed E-state index contributed by atoms with van der Waals surface area (Å²) in [6, 6.07) is 23.5. The van der Waals surface area contributed by atoms with Gasteiger partial charge in [0.15, 0.2) is 0 Å². The highest BCUT2D eigenvalue weighted by molar-refractivity contribution is 6.05. The molecule has 5 heteroatoms. The Morgan fingerprint density at radius 1 is 0.828 bits per heavy atom. The molecule has 3 aromatic carbocycles. The van der Waals surface area contributed by atoms with Gasteiger partial charge in [-0.15, -0.1) is 0 Å². The highest BCUT2D eigenvalue weighted by Crippen LogP contribution is 2.16. The lowest BCUT2D eigenvalue weighted by Gasteiger charge is -2.07. The molecular formula is C24H22N2O3. The number of amides is 2. The fourth-order valence-corrected chi connectivity index (χ4v) is 2.63. The lowest BCUT2D eigenvalue weighted by atomic mass is 10.2. The van der Waals surface area contributed by atoms with Gasteiger partial charge in [0.1, 0.15) is 5.75 Å². The first-order valence-electron chi connectivity index (χ1n) is 9.32. The van der Waals surface area contributed by atoms with E-state index in [-0.39, 0.29) is 11.8 Å². The van der Waals surface area contributed by atoms with Crippen molar-refractivity contribution in [2.75, 3.05) is 17.2 Å². The van der Waals surface area contributed by atoms with Crippen LogP contribution in [0.4, 0.5) is 11.4 Å². The summed E-state index contributed by atoms with van der Waals surface area (Å²) in [7, 11) is 0. The molecule has 0 heterocycles. The van der Waals surface area contributed by atoms with E-state index >= 15 is 0 Å². The Labute approximate surface area is 170 Å². The van der Waals surface area contributed by atoms with E-state index in [1.165, 1.54) is 6.08 Å². The standard InChI is InChI=1S/C24H22N2O3/c1-2-29-22-15-8-18(9-16-22)10-17-23(27)25-20-11-13-21(14-12-20)26-24(28)19-6-4-3-5-7-19/h3-17H,2H2,1H3,(H,25,27)(H,26,28)/b17-10+. The normalized spacial score (nSPS) is 10.5. The molecular weight excluding hydrogens is 364 g/mol. The summed E-state index contributed by atoms with van der Waals surface area (Å²) in [5.41, 5.74) is 2.79. The maximum absolute atomic E-state index is 12.2. The molecule has 0 bridgehead atoms. The van der Waals surface area contributed by atoms with E-state index < -0.39 is 0 Å². The Balaban J connectivity index is 1.53. The second-order valence-corrected chi connectivity index (χ2v) is 6.22. The fraction of sp³-hybridized carbons (Fsp3) is 0.0833. The van der Waals surface area contributed by atoms with E-state index in [1.54, 1.807) is 42.5 Å². The minimum atomic E-state index is -0.236. The van der Waals surface area contributed by atoms with Gasteiger partial charge in [-0.25, -0.2) is 0 Å². The van der Waals surface area contributed by atoms with E-state index in [9.17, 15) is 9.59 Å². The number of rotatable bonds is 7. The monoisotopic (exact) mass is 386 g/mol. The van der Waals surface area contributed by atoms with Gasteiger partial charge < -0.3 is 15.4 Å². The summed E-state index contributed by atoms with van der Waals surface area (Å²) >= 11 is 0. The maximum atomic E-state index is 12.2. The van der Waals surface area contributed by atoms with Crippen molar-refractivity contribution in [2.45, 2.75) is 6.92 Å². The highest BCUT2D eigenvalue weighted by Gasteiger charge is 2.05. The minimum absolute atomic E-state index is 0.180. The molecule has 0 radical (unpaired) electrons. The number of ether oxygens (including phenoxy) is 1. The third-order valence-electron chi connectivity index (χ3n) is 4.06. The topological polar surface area (TPSA) is 67.4 Å². The molecule has 0 aliphatic carbocycles. The van der Waals surface area contributed by atoms with Gasteiger partial charge in [-0.1, -0.05) is 30.3 Å². The highest BCUT2D eigenvalue weighted by atomic mass is 16.5. The number of nitrogens with one attached hydrogen (secondary N) is 2. The van der Waals surface area contributed by atoms with Gasteiger partial charge in [0, 0.05) is 23.0 Å². The average molecular weight is 386 g/mol. The number of hydrogen-bond acceptors (Lipinski definition) is 3. The van der Waals surface area contributed by atoms with Crippen molar-refractivity contribution in [3.05, 3.63) is 96.1 Å². The molecule has 0 aliphatic rings. The number of carbonyl (C=O) groups is 2. The van der Waals surface area contributed by atoms with Crippen molar-refractivity contribution >= 4 is 29.3 Å². The predicted molar refractivity (Wildman–Crippen MR) is 116 cm³/mol. The van der Waals surface area contributed by atoms with Crippen molar-refractivity contribution in [1.29, 1.82) is 0 Å². The fourth-order valence-electron chi connectivity index (χ4n) is 2.63. The molecule has 2 N–H and O–H groups in total. The quantitative estimate of drug-likeness (QED) is 0.562. The maximum Gasteiger partial charge on any atom is 0.255 e. The molecule has 5 nitrogen and oxygen atoms in total. The largest absolute Gasteiger partial charge is 0.494 e. The Kier molecular flexibility index (Phi) is 6.79. The average Bonchev–Trinajstić information content (AvgIpc) is 2.75. The molecule has 2 amide bonds. The first-order valence-corrected chi connectivity index (χ1v) is 9.32. The molecule has 146 valence electrons. The zero-order valence-electron chi connectivity index (χ0n) is 16.1. The van der Waals surface area contributed by atoms with Crippen molar-refractivity contribution < 1.29 is 14.3 Å². The summed E-state index contributed by atoms with van der Waals surface area (Å²) < 4.78 is 5.39. The number of carbonyl (C=O) groups excluding carboxylic acids is 2. The van der Waals surface area contributed by atoms with Crippen LogP contribution in [0.1, 0.15) is 22.8 Å². The molecule has 0 saturated carbocycles. The summed E-state index contributed by atoms with van der Waals surface area (Å²) in [6.07, 6.45) is 3.21. The van der Waals surface area contributed by atoms with E-state index in [1.807, 2.05) is 49.4 Å². The molecule has 0 saturated heterocycles. The summed E-state index contributed by atoms with van der Waals surface area (Å²) in [6.45, 7) is 2.55. The van der Waals surface area contributed by atoms with Crippen LogP contribution in [0.15, 0.2) is 84.9 Å². The van der Waals surface area contributed by atoms with Crippen LogP contribution in [0.2, 0.25) is 0 Å². The van der Waals surface area contributed by atoms with E-state index in [4.69, 9.17) is 4.74 Å². The molecule has 0 atom stereocenters. The first-order chi connectivity index (χ1) is 14.1. The number of benzene rings is 3. The smallest absolute Gasteiger partial charge is 0.255 e. The van der Waals surface area contributed by atoms with E-state index in [0.29, 0.717) is 23.5 Å². The Hall–Kier alpha value is -3.86. The molecule has 0 aromatic heterocycles. The third kappa shape index (κ3) is 6.07. The summed E-state index contributed by atoms with van der Waals surface area (Å²) in [5.74, 6) is 0.383. The van der Waals surface area contributed by atoms with Crippen LogP contribution in [0.25, 0.3) is 6.08 Å². The molecule has 3 aromatic rings. The van der Waals surface area contributed by atoms with Crippen LogP contribution in [0.3, 0.4) is 0 Å². The number of hydrogen-bond donors (Lipinski definition) is 2. The molecule has 3 rings (SSSR count). The van der Waals surface area contributed by atoms with Crippen LogP contribution >= 0.6 is 0 Å². The third-order valence-corrected chi connectivity index (χ3v) is 4.06. The second-order valence-electron chi connectivity index (χ2n) is 6.22. The lowest BCUT2D eigenvalue weighted by Crippen LogP contribution is -2.12. The second kappa shape index (κ2) is 9.90. The molecule has 0 aliphatic heterocycles. The van der Waals surface area contributed by atoms with Crippen molar-refractivity contribution in [3.8, 4) is 5.75 Å². The van der Waals surface area contributed by atoms with Crippen LogP contribution in [-0.2, 0) is 4.79 Å². The van der Waals surface area contributed by atoms with Crippen LogP contribution in [0, 0.1) is 0 Å². The van der Waals surface area contributed by atoms with Gasteiger partial charge in [0.25, 0.3) is 5.91 Å². The van der Waals surface area contributed by atoms with Crippen LogP contribution < -0.4 is 15.4 Å². The van der Waals surface area contributed by atoms with Crippen LogP contribution in [-0.4, -0.2) is 18.4 Å². The van der Waals surface area contributed by atoms with Gasteiger partial charge in [0.2, 0.25) is 5.91 Å². The van der Waals surface area contributed by atoms with Gasteiger partial charge in [-0.3, -0.25) is 9.59 Å². The zero-order chi connectivity index (χ0) is 20.5. The van der Waals surface area contributed by atoms with Crippen molar-refractivity contribution in [1.82, 2.24) is 0 Å². The predicted octanol–water partition coefficient (Wildman–Crippen LogP) is 4.99. The van der Waals surface area contributed by atoms with Gasteiger partial charge in [0.05, 0.1) is 6.61 Å². The van der Waals surface area contributed by atoms with Crippen molar-refractivity contribution in [3.63, 3.8) is 0 Å². The Morgan fingerprint density at radius 3 is 2.07 bits per heavy atom. The Morgan fingerprint density at radius 2 is 1.45 bits per heavy atom. The first kappa shape index (κ1) is 19.9. The van der Waals surface area contributed by atoms with Gasteiger partial charge >= 0.3 is 0 Å². The molecule has 0 fully saturated rings. The van der Waals surface area contributed by atoms with E-state index in [2.05, 4.69) is 10.6 Å². The van der Waals surface area contributed by atoms with Crippen LogP contribution in [0.5, 0.6) is 5.75 Å². The molecule has 0 spiro atoms. The zero-order valence-corrected chi connectivity index (χ0v) is 16.1. The van der Waals surface area contributed by atoms with Gasteiger partial charge in [-0.2, -0.15) is 0 Å². The van der Waals surface area contributed by atoms with Crippen molar-refractivity contribution in [2.24, 2.45) is 0 Å².